The van der Waals surface area contributed by atoms with Gasteiger partial charge in [0.1, 0.15) is 59.8 Å². The molecule has 4 aliphatic rings. The maximum atomic E-state index is 13.8. The third kappa shape index (κ3) is 4.93. The number of aliphatic hydroxyl groups is 1. The van der Waals surface area contributed by atoms with Crippen molar-refractivity contribution in [2.75, 3.05) is 25.6 Å². The SMILES string of the molecule is Cc1ncnc2c1ncn2[C@@H]1O[C@@H]2COP(O)(=S)O[C@H]3[C@H]4OC[C@]3(COP(=O)(S)O[C@@H]1[C@@H]2O)OC4n1cnc2c(N)ncnc21. The highest BCUT2D eigenvalue weighted by Gasteiger charge is 2.65. The van der Waals surface area contributed by atoms with Crippen LogP contribution in [0.2, 0.25) is 0 Å². The zero-order valence-electron chi connectivity index (χ0n) is 23.0. The van der Waals surface area contributed by atoms with Gasteiger partial charge in [0.15, 0.2) is 29.6 Å². The standard InChI is InChI=1S/C22H25N9O10P2S2/c1-9-11-18(26-5-24-9)30(7-28-11)20-14-13(32)10(38-20)2-36-42(33,44)41-16-15-21(31-8-29-12-17(23)25-6-27-19(12)31)39-22(16,3-35-15)4-37-43(34,45)40-14/h5-8,10,13-16,20-21,32H,2-4H2,1H3,(H,33,44)(H,34,45)(H2,23,25,27)/t10-,13-,14-,15-,16+,20-,21?,22-,42?,43?/m1/s1. The van der Waals surface area contributed by atoms with E-state index in [1.165, 1.54) is 29.9 Å². The molecule has 240 valence electrons. The molecular weight excluding hydrogens is 676 g/mol. The molecule has 3 unspecified atom stereocenters. The molecule has 4 saturated heterocycles. The van der Waals surface area contributed by atoms with Crippen LogP contribution in [-0.2, 0) is 48.7 Å². The highest BCUT2D eigenvalue weighted by Crippen LogP contribution is 2.61. The summed E-state index contributed by atoms with van der Waals surface area (Å²) in [7, 11) is 0. The fraction of sp³-hybridized carbons (Fsp3) is 0.545. The Morgan fingerprint density at radius 1 is 1.00 bits per heavy atom. The minimum Gasteiger partial charge on any atom is -0.387 e. The predicted octanol–water partition coefficient (Wildman–Crippen LogP) is 0.553. The van der Waals surface area contributed by atoms with Crippen LogP contribution in [0.5, 0.6) is 0 Å². The van der Waals surface area contributed by atoms with Crippen LogP contribution >= 0.6 is 25.8 Å². The molecule has 4 N–H and O–H groups in total. The molecule has 45 heavy (non-hydrogen) atoms. The number of imidazole rings is 2. The number of aliphatic hydroxyl groups excluding tert-OH is 1. The number of hydrogen-bond acceptors (Lipinski definition) is 17. The Labute approximate surface area is 263 Å². The summed E-state index contributed by atoms with van der Waals surface area (Å²) in [6.45, 7) is -7.51. The zero-order valence-corrected chi connectivity index (χ0v) is 26.5. The Hall–Kier alpha value is -2.23. The number of hydrogen-bond donors (Lipinski definition) is 4. The van der Waals surface area contributed by atoms with E-state index in [0.29, 0.717) is 28.0 Å². The van der Waals surface area contributed by atoms with Crippen LogP contribution in [0.3, 0.4) is 0 Å². The van der Waals surface area contributed by atoms with E-state index in [4.69, 9.17) is 49.8 Å². The van der Waals surface area contributed by atoms with E-state index in [9.17, 15) is 14.6 Å². The highest BCUT2D eigenvalue weighted by atomic mass is 32.7. The van der Waals surface area contributed by atoms with Crippen molar-refractivity contribution in [2.45, 2.75) is 55.5 Å². The van der Waals surface area contributed by atoms with Crippen molar-refractivity contribution in [3.05, 3.63) is 31.0 Å². The first kappa shape index (κ1) is 30.1. The van der Waals surface area contributed by atoms with Crippen molar-refractivity contribution in [3.8, 4) is 0 Å². The minimum atomic E-state index is -4.27. The van der Waals surface area contributed by atoms with Gasteiger partial charge in [0, 0.05) is 0 Å². The highest BCUT2D eigenvalue weighted by molar-refractivity contribution is 8.44. The summed E-state index contributed by atoms with van der Waals surface area (Å²) in [6, 6.07) is 0. The average molecular weight is 702 g/mol. The molecule has 0 amide bonds. The molecule has 10 atom stereocenters. The molecule has 0 aromatic carbocycles. The molecular formula is C22H25N9O10P2S2. The van der Waals surface area contributed by atoms with Crippen LogP contribution in [0.15, 0.2) is 25.3 Å². The molecule has 0 radical (unpaired) electrons. The van der Waals surface area contributed by atoms with Crippen LogP contribution in [0.1, 0.15) is 18.1 Å². The van der Waals surface area contributed by atoms with Crippen molar-refractivity contribution in [3.63, 3.8) is 0 Å². The lowest BCUT2D eigenvalue weighted by molar-refractivity contribution is -0.183. The number of aromatic nitrogens is 8. The zero-order chi connectivity index (χ0) is 31.3. The Morgan fingerprint density at radius 2 is 1.71 bits per heavy atom. The van der Waals surface area contributed by atoms with Crippen molar-refractivity contribution >= 4 is 65.7 Å². The van der Waals surface area contributed by atoms with Gasteiger partial charge >= 0.3 is 13.5 Å². The molecule has 4 aliphatic heterocycles. The number of anilines is 1. The normalized spacial score (nSPS) is 40.3. The van der Waals surface area contributed by atoms with E-state index in [1.807, 2.05) is 0 Å². The smallest absolute Gasteiger partial charge is 0.386 e. The Morgan fingerprint density at radius 3 is 2.51 bits per heavy atom. The van der Waals surface area contributed by atoms with E-state index >= 15 is 0 Å². The third-order valence-electron chi connectivity index (χ3n) is 8.14. The van der Waals surface area contributed by atoms with Crippen LogP contribution in [0, 0.1) is 6.92 Å². The van der Waals surface area contributed by atoms with E-state index in [2.05, 4.69) is 42.2 Å². The molecule has 8 heterocycles. The number of ether oxygens (including phenoxy) is 3. The molecule has 4 fully saturated rings. The molecule has 4 aromatic rings. The lowest BCUT2D eigenvalue weighted by atomic mass is 10.0. The van der Waals surface area contributed by atoms with Crippen LogP contribution < -0.4 is 5.73 Å². The van der Waals surface area contributed by atoms with E-state index in [0.717, 1.165) is 0 Å². The van der Waals surface area contributed by atoms with Crippen LogP contribution in [0.25, 0.3) is 22.3 Å². The summed E-state index contributed by atoms with van der Waals surface area (Å²) < 4.78 is 58.7. The molecule has 0 aliphatic carbocycles. The van der Waals surface area contributed by atoms with Crippen molar-refractivity contribution < 1.29 is 46.9 Å². The Kier molecular flexibility index (Phi) is 7.12. The van der Waals surface area contributed by atoms with Crippen LogP contribution in [0.4, 0.5) is 5.82 Å². The Balaban J connectivity index is 1.14. The largest absolute Gasteiger partial charge is 0.387 e. The average Bonchev–Trinajstić information content (AvgIpc) is 3.80. The third-order valence-corrected chi connectivity index (χ3v) is 11.3. The first-order valence-corrected chi connectivity index (χ1v) is 18.8. The second-order valence-corrected chi connectivity index (χ2v) is 16.5. The van der Waals surface area contributed by atoms with Crippen LogP contribution in [-0.4, -0.2) is 105 Å². The van der Waals surface area contributed by atoms with E-state index < -0.39 is 75.3 Å². The summed E-state index contributed by atoms with van der Waals surface area (Å²) in [5, 5.41) is 11.2. The second-order valence-electron chi connectivity index (χ2n) is 10.9. The maximum Gasteiger partial charge on any atom is 0.386 e. The van der Waals surface area contributed by atoms with E-state index in [-0.39, 0.29) is 12.4 Å². The summed E-state index contributed by atoms with van der Waals surface area (Å²) in [6.07, 6.45) is -2.30. The Bertz CT molecular complexity index is 1920. The molecule has 8 rings (SSSR count). The minimum absolute atomic E-state index is 0.0911. The number of fused-ring (bicyclic) bond motifs is 4. The van der Waals surface area contributed by atoms with Gasteiger partial charge in [0.05, 0.1) is 38.2 Å². The monoisotopic (exact) mass is 701 g/mol. The number of rotatable bonds is 2. The van der Waals surface area contributed by atoms with Gasteiger partial charge in [-0.3, -0.25) is 22.7 Å². The number of nitrogens with zero attached hydrogens (tertiary/aromatic N) is 8. The topological polar surface area (TPSA) is 235 Å². The van der Waals surface area contributed by atoms with E-state index in [1.54, 1.807) is 11.5 Å². The van der Waals surface area contributed by atoms with Gasteiger partial charge in [-0.1, -0.05) is 12.2 Å². The number of thiol groups is 1. The summed E-state index contributed by atoms with van der Waals surface area (Å²) >= 11 is 9.59. The predicted molar refractivity (Wildman–Crippen MR) is 157 cm³/mol. The molecule has 19 nitrogen and oxygen atoms in total. The van der Waals surface area contributed by atoms with Crippen molar-refractivity contribution in [1.82, 2.24) is 39.0 Å². The fourth-order valence-corrected chi connectivity index (χ4v) is 8.93. The van der Waals surface area contributed by atoms with Gasteiger partial charge in [0.2, 0.25) is 0 Å². The number of nitrogens with two attached hydrogens (primary N) is 1. The molecule has 4 aromatic heterocycles. The van der Waals surface area contributed by atoms with Gasteiger partial charge in [-0.15, -0.1) is 0 Å². The molecule has 0 saturated carbocycles. The quantitative estimate of drug-likeness (QED) is 0.165. The van der Waals surface area contributed by atoms with Crippen molar-refractivity contribution in [2.24, 2.45) is 0 Å². The second kappa shape index (κ2) is 10.6. The summed E-state index contributed by atoms with van der Waals surface area (Å²) in [5.74, 6) is 0.166. The fourth-order valence-electron chi connectivity index (χ4n) is 6.00. The molecule has 4 bridgehead atoms. The lowest BCUT2D eigenvalue weighted by Crippen LogP contribution is -2.45. The summed E-state index contributed by atoms with van der Waals surface area (Å²) in [5.41, 5.74) is 6.67. The first-order valence-electron chi connectivity index (χ1n) is 13.5. The number of nitrogen functional groups attached to an aromatic ring is 1. The summed E-state index contributed by atoms with van der Waals surface area (Å²) in [4.78, 5) is 36.5. The first-order chi connectivity index (χ1) is 21.5. The lowest BCUT2D eigenvalue weighted by Gasteiger charge is -2.33. The van der Waals surface area contributed by atoms with Gasteiger partial charge in [-0.25, -0.2) is 34.5 Å². The van der Waals surface area contributed by atoms with Gasteiger partial charge in [-0.2, -0.15) is 0 Å². The van der Waals surface area contributed by atoms with Gasteiger partial charge in [-0.05, 0) is 18.7 Å². The molecule has 23 heteroatoms. The van der Waals surface area contributed by atoms with Crippen molar-refractivity contribution in [1.29, 1.82) is 0 Å². The number of aryl methyl sites for hydroxylation is 1. The maximum absolute atomic E-state index is 13.8. The van der Waals surface area contributed by atoms with Gasteiger partial charge < -0.3 is 34.5 Å². The van der Waals surface area contributed by atoms with Gasteiger partial charge in [0.25, 0.3) is 0 Å². The molecule has 0 spiro atoms.